The third-order valence-corrected chi connectivity index (χ3v) is 4.37. The molecule has 2 aromatic carbocycles. The SMILES string of the molecule is C[C@@H](NCC=CC#C[Si](C)(C)C)c1cccc2ccccc12. The number of hydrogen-bond acceptors (Lipinski definition) is 1. The van der Waals surface area contributed by atoms with Crippen molar-refractivity contribution >= 4 is 18.8 Å². The molecule has 0 aromatic heterocycles. The molecule has 0 aliphatic carbocycles. The minimum absolute atomic E-state index is 0.320. The summed E-state index contributed by atoms with van der Waals surface area (Å²) in [6.07, 6.45) is 4.08. The van der Waals surface area contributed by atoms with Gasteiger partial charge in [0.2, 0.25) is 0 Å². The van der Waals surface area contributed by atoms with Crippen LogP contribution in [-0.4, -0.2) is 14.6 Å². The normalized spacial score (nSPS) is 13.1. The average Bonchev–Trinajstić information content (AvgIpc) is 2.49. The summed E-state index contributed by atoms with van der Waals surface area (Å²) in [4.78, 5) is 0. The number of hydrogen-bond donors (Lipinski definition) is 1. The fraction of sp³-hybridized carbons (Fsp3) is 0.300. The Hall–Kier alpha value is -1.82. The third-order valence-electron chi connectivity index (χ3n) is 3.48. The maximum atomic E-state index is 3.55. The third kappa shape index (κ3) is 4.87. The molecule has 2 aromatic rings. The molecule has 0 fully saturated rings. The zero-order valence-electron chi connectivity index (χ0n) is 14.0. The van der Waals surface area contributed by atoms with Crippen molar-refractivity contribution in [3.8, 4) is 11.5 Å². The Bertz CT molecular complexity index is 708. The first-order valence-corrected chi connectivity index (χ1v) is 11.4. The summed E-state index contributed by atoms with van der Waals surface area (Å²) in [7, 11) is -1.26. The largest absolute Gasteiger partial charge is 0.307 e. The van der Waals surface area contributed by atoms with Gasteiger partial charge in [-0.15, -0.1) is 5.54 Å². The number of fused-ring (bicyclic) bond motifs is 1. The fourth-order valence-electron chi connectivity index (χ4n) is 2.36. The van der Waals surface area contributed by atoms with Gasteiger partial charge in [-0.3, -0.25) is 0 Å². The van der Waals surface area contributed by atoms with Crippen molar-refractivity contribution in [2.24, 2.45) is 0 Å². The van der Waals surface area contributed by atoms with Crippen LogP contribution in [0.15, 0.2) is 54.6 Å². The van der Waals surface area contributed by atoms with Crippen molar-refractivity contribution in [3.05, 3.63) is 60.2 Å². The van der Waals surface area contributed by atoms with Crippen LogP contribution in [-0.2, 0) is 0 Å². The van der Waals surface area contributed by atoms with E-state index in [1.807, 2.05) is 6.08 Å². The molecule has 0 saturated heterocycles. The van der Waals surface area contributed by atoms with Crippen LogP contribution in [0.3, 0.4) is 0 Å². The standard InChI is InChI=1S/C20H25NSi/c1-17(21-15-8-5-9-16-22(2,3)4)19-14-10-12-18-11-6-7-13-20(18)19/h5-8,10-14,17,21H,15H2,1-4H3/t17-/m1/s1. The van der Waals surface area contributed by atoms with E-state index in [9.17, 15) is 0 Å². The van der Waals surface area contributed by atoms with Gasteiger partial charge < -0.3 is 5.32 Å². The quantitative estimate of drug-likeness (QED) is 0.624. The second-order valence-electron chi connectivity index (χ2n) is 6.62. The molecule has 114 valence electrons. The van der Waals surface area contributed by atoms with Gasteiger partial charge in [-0.25, -0.2) is 0 Å². The van der Waals surface area contributed by atoms with Gasteiger partial charge in [-0.05, 0) is 29.3 Å². The molecule has 0 heterocycles. The molecule has 0 radical (unpaired) electrons. The molecule has 22 heavy (non-hydrogen) atoms. The molecular weight excluding hydrogens is 282 g/mol. The van der Waals surface area contributed by atoms with Crippen LogP contribution in [0.1, 0.15) is 18.5 Å². The molecular formula is C20H25NSi. The number of allylic oxidation sites excluding steroid dienone is 1. The highest BCUT2D eigenvalue weighted by Crippen LogP contribution is 2.23. The van der Waals surface area contributed by atoms with Crippen molar-refractivity contribution in [3.63, 3.8) is 0 Å². The highest BCUT2D eigenvalue weighted by molar-refractivity contribution is 6.83. The van der Waals surface area contributed by atoms with Gasteiger partial charge in [0.1, 0.15) is 8.07 Å². The van der Waals surface area contributed by atoms with Crippen LogP contribution in [0.4, 0.5) is 0 Å². The Morgan fingerprint density at radius 1 is 1.09 bits per heavy atom. The molecule has 2 rings (SSSR count). The maximum absolute atomic E-state index is 3.55. The van der Waals surface area contributed by atoms with E-state index in [-0.39, 0.29) is 0 Å². The molecule has 1 atom stereocenters. The first-order valence-electron chi connectivity index (χ1n) is 7.86. The Morgan fingerprint density at radius 3 is 2.59 bits per heavy atom. The minimum Gasteiger partial charge on any atom is -0.307 e. The summed E-state index contributed by atoms with van der Waals surface area (Å²) in [5.41, 5.74) is 4.69. The summed E-state index contributed by atoms with van der Waals surface area (Å²) in [5.74, 6) is 3.16. The van der Waals surface area contributed by atoms with E-state index < -0.39 is 8.07 Å². The van der Waals surface area contributed by atoms with Gasteiger partial charge in [0.25, 0.3) is 0 Å². The number of benzene rings is 2. The highest BCUT2D eigenvalue weighted by Gasteiger charge is 2.07. The van der Waals surface area contributed by atoms with Crippen molar-refractivity contribution in [2.45, 2.75) is 32.6 Å². The lowest BCUT2D eigenvalue weighted by atomic mass is 10.00. The first-order chi connectivity index (χ1) is 10.5. The molecule has 0 unspecified atom stereocenters. The summed E-state index contributed by atoms with van der Waals surface area (Å²) in [6, 6.07) is 15.4. The zero-order chi connectivity index (χ0) is 16.0. The van der Waals surface area contributed by atoms with Crippen molar-refractivity contribution in [1.29, 1.82) is 0 Å². The molecule has 0 spiro atoms. The number of rotatable bonds is 4. The van der Waals surface area contributed by atoms with Gasteiger partial charge >= 0.3 is 0 Å². The lowest BCUT2D eigenvalue weighted by Gasteiger charge is -2.15. The van der Waals surface area contributed by atoms with E-state index in [2.05, 4.69) is 91.9 Å². The van der Waals surface area contributed by atoms with Crippen LogP contribution >= 0.6 is 0 Å². The van der Waals surface area contributed by atoms with E-state index in [1.54, 1.807) is 0 Å². The summed E-state index contributed by atoms with van der Waals surface area (Å²) < 4.78 is 0. The van der Waals surface area contributed by atoms with E-state index >= 15 is 0 Å². The summed E-state index contributed by atoms with van der Waals surface area (Å²) in [6.45, 7) is 9.83. The summed E-state index contributed by atoms with van der Waals surface area (Å²) in [5, 5.41) is 6.17. The Morgan fingerprint density at radius 2 is 1.82 bits per heavy atom. The van der Waals surface area contributed by atoms with Gasteiger partial charge in [-0.1, -0.05) is 74.1 Å². The topological polar surface area (TPSA) is 12.0 Å². The minimum atomic E-state index is -1.26. The first kappa shape index (κ1) is 16.5. The molecule has 0 aliphatic rings. The van der Waals surface area contributed by atoms with E-state index in [0.717, 1.165) is 6.54 Å². The molecule has 0 bridgehead atoms. The van der Waals surface area contributed by atoms with E-state index in [1.165, 1.54) is 16.3 Å². The van der Waals surface area contributed by atoms with E-state index in [0.29, 0.717) is 6.04 Å². The molecule has 1 nitrogen and oxygen atoms in total. The van der Waals surface area contributed by atoms with Gasteiger partial charge in [0.15, 0.2) is 0 Å². The lowest BCUT2D eigenvalue weighted by molar-refractivity contribution is 0.621. The van der Waals surface area contributed by atoms with Gasteiger partial charge in [-0.2, -0.15) is 0 Å². The average molecular weight is 308 g/mol. The summed E-state index contributed by atoms with van der Waals surface area (Å²) >= 11 is 0. The van der Waals surface area contributed by atoms with Crippen LogP contribution in [0.5, 0.6) is 0 Å². The number of nitrogens with one attached hydrogen (secondary N) is 1. The van der Waals surface area contributed by atoms with Crippen molar-refractivity contribution < 1.29 is 0 Å². The zero-order valence-corrected chi connectivity index (χ0v) is 15.0. The van der Waals surface area contributed by atoms with Gasteiger partial charge in [0, 0.05) is 12.6 Å². The van der Waals surface area contributed by atoms with Crippen molar-refractivity contribution in [1.82, 2.24) is 5.32 Å². The predicted octanol–water partition coefficient (Wildman–Crippen LogP) is 4.93. The lowest BCUT2D eigenvalue weighted by Crippen LogP contribution is -2.18. The monoisotopic (exact) mass is 307 g/mol. The van der Waals surface area contributed by atoms with Crippen LogP contribution in [0.25, 0.3) is 10.8 Å². The molecule has 2 heteroatoms. The Balaban J connectivity index is 1.98. The van der Waals surface area contributed by atoms with E-state index in [4.69, 9.17) is 0 Å². The van der Waals surface area contributed by atoms with Gasteiger partial charge in [0.05, 0.1) is 0 Å². The second-order valence-corrected chi connectivity index (χ2v) is 11.4. The second kappa shape index (κ2) is 7.44. The van der Waals surface area contributed by atoms with Crippen molar-refractivity contribution in [2.75, 3.05) is 6.54 Å². The Labute approximate surface area is 135 Å². The fourth-order valence-corrected chi connectivity index (χ4v) is 2.88. The molecule has 0 amide bonds. The smallest absolute Gasteiger partial charge is 0.129 e. The maximum Gasteiger partial charge on any atom is 0.129 e. The molecule has 1 N–H and O–H groups in total. The highest BCUT2D eigenvalue weighted by atomic mass is 28.3. The van der Waals surface area contributed by atoms with Crippen LogP contribution in [0, 0.1) is 11.5 Å². The van der Waals surface area contributed by atoms with Crippen LogP contribution < -0.4 is 5.32 Å². The molecule has 0 saturated carbocycles. The molecule has 0 aliphatic heterocycles. The predicted molar refractivity (Wildman–Crippen MR) is 101 cm³/mol. The van der Waals surface area contributed by atoms with Crippen LogP contribution in [0.2, 0.25) is 19.6 Å². The Kier molecular flexibility index (Phi) is 5.60.